The predicted molar refractivity (Wildman–Crippen MR) is 103 cm³/mol. The number of amides is 1. The molecule has 154 valence electrons. The van der Waals surface area contributed by atoms with Gasteiger partial charge in [-0.2, -0.15) is 0 Å². The van der Waals surface area contributed by atoms with Crippen LogP contribution in [0.15, 0.2) is 48.5 Å². The molecule has 7 nitrogen and oxygen atoms in total. The zero-order valence-electron chi connectivity index (χ0n) is 16.0. The summed E-state index contributed by atoms with van der Waals surface area (Å²) in [6.07, 6.45) is 1.73. The van der Waals surface area contributed by atoms with Crippen LogP contribution >= 0.6 is 0 Å². The number of nitrogens with one attached hydrogen (secondary N) is 1. The van der Waals surface area contributed by atoms with Gasteiger partial charge in [0.2, 0.25) is 0 Å². The highest BCUT2D eigenvalue weighted by Crippen LogP contribution is 2.12. The molecule has 0 saturated heterocycles. The first-order chi connectivity index (χ1) is 14.0. The second-order valence-electron chi connectivity index (χ2n) is 6.02. The molecule has 0 unspecified atom stereocenters. The van der Waals surface area contributed by atoms with E-state index in [0.29, 0.717) is 17.9 Å². The first kappa shape index (κ1) is 21.9. The third-order valence-corrected chi connectivity index (χ3v) is 3.65. The van der Waals surface area contributed by atoms with E-state index < -0.39 is 36.9 Å². The van der Waals surface area contributed by atoms with Crippen molar-refractivity contribution in [3.05, 3.63) is 59.9 Å². The second-order valence-corrected chi connectivity index (χ2v) is 6.02. The summed E-state index contributed by atoms with van der Waals surface area (Å²) in [5.41, 5.74) is 0.812. The van der Waals surface area contributed by atoms with E-state index in [1.54, 1.807) is 12.1 Å². The molecule has 0 spiro atoms. The molecule has 29 heavy (non-hydrogen) atoms. The largest absolute Gasteiger partial charge is 0.482 e. The van der Waals surface area contributed by atoms with Gasteiger partial charge in [0.05, 0.1) is 12.2 Å². The molecular weight excluding hydrogens is 381 g/mol. The lowest BCUT2D eigenvalue weighted by Crippen LogP contribution is -2.23. The lowest BCUT2D eigenvalue weighted by Gasteiger charge is -2.09. The van der Waals surface area contributed by atoms with Gasteiger partial charge in [0.1, 0.15) is 11.6 Å². The van der Waals surface area contributed by atoms with Gasteiger partial charge >= 0.3 is 11.9 Å². The molecule has 2 aromatic rings. The highest BCUT2D eigenvalue weighted by Gasteiger charge is 2.11. The maximum absolute atomic E-state index is 13.0. The molecule has 8 heteroatoms. The number of benzene rings is 2. The number of esters is 2. The Hall–Kier alpha value is -3.42. The van der Waals surface area contributed by atoms with Gasteiger partial charge < -0.3 is 19.5 Å². The lowest BCUT2D eigenvalue weighted by molar-refractivity contribution is -0.149. The summed E-state index contributed by atoms with van der Waals surface area (Å²) in [6.45, 7) is 1.40. The Labute approximate surface area is 167 Å². The Kier molecular flexibility index (Phi) is 8.62. The molecule has 0 fully saturated rings. The maximum Gasteiger partial charge on any atom is 0.344 e. The van der Waals surface area contributed by atoms with E-state index in [1.807, 2.05) is 6.92 Å². The van der Waals surface area contributed by atoms with Gasteiger partial charge in [-0.15, -0.1) is 0 Å². The minimum absolute atomic E-state index is 0.180. The first-order valence-electron chi connectivity index (χ1n) is 9.09. The van der Waals surface area contributed by atoms with Crippen molar-refractivity contribution in [2.75, 3.05) is 25.1 Å². The van der Waals surface area contributed by atoms with Crippen molar-refractivity contribution in [2.24, 2.45) is 0 Å². The van der Waals surface area contributed by atoms with E-state index in [4.69, 9.17) is 14.2 Å². The number of halogens is 1. The summed E-state index contributed by atoms with van der Waals surface area (Å²) >= 11 is 0. The van der Waals surface area contributed by atoms with Crippen molar-refractivity contribution < 1.29 is 33.0 Å². The van der Waals surface area contributed by atoms with Crippen LogP contribution in [0.4, 0.5) is 10.1 Å². The minimum atomic E-state index is -0.769. The van der Waals surface area contributed by atoms with Crippen LogP contribution in [-0.2, 0) is 19.1 Å². The van der Waals surface area contributed by atoms with Gasteiger partial charge in [-0.05, 0) is 42.8 Å². The fourth-order valence-corrected chi connectivity index (χ4v) is 2.17. The first-order valence-corrected chi connectivity index (χ1v) is 9.09. The number of carbonyl (C=O) groups is 3. The fourth-order valence-electron chi connectivity index (χ4n) is 2.17. The molecule has 0 aliphatic carbocycles. The molecule has 2 aromatic carbocycles. The Morgan fingerprint density at radius 1 is 1.00 bits per heavy atom. The zero-order valence-corrected chi connectivity index (χ0v) is 16.0. The number of anilines is 1. The van der Waals surface area contributed by atoms with Gasteiger partial charge in [0.15, 0.2) is 13.2 Å². The molecule has 1 amide bonds. The SMILES string of the molecule is CCCCOC(=O)c1ccc(NC(=O)COC(=O)COc2cccc(F)c2)cc1. The molecule has 2 rings (SSSR count). The summed E-state index contributed by atoms with van der Waals surface area (Å²) < 4.78 is 28.0. The average Bonchev–Trinajstić information content (AvgIpc) is 2.71. The molecule has 0 heterocycles. The van der Waals surface area contributed by atoms with Crippen LogP contribution in [0.3, 0.4) is 0 Å². The van der Waals surface area contributed by atoms with Gasteiger partial charge in [0.25, 0.3) is 5.91 Å². The minimum Gasteiger partial charge on any atom is -0.482 e. The van der Waals surface area contributed by atoms with Crippen molar-refractivity contribution >= 4 is 23.5 Å². The Morgan fingerprint density at radius 3 is 2.45 bits per heavy atom. The van der Waals surface area contributed by atoms with Crippen LogP contribution in [0.25, 0.3) is 0 Å². The van der Waals surface area contributed by atoms with Crippen molar-refractivity contribution in [2.45, 2.75) is 19.8 Å². The second kappa shape index (κ2) is 11.4. The third-order valence-electron chi connectivity index (χ3n) is 3.65. The monoisotopic (exact) mass is 403 g/mol. The lowest BCUT2D eigenvalue weighted by atomic mass is 10.2. The van der Waals surface area contributed by atoms with Crippen LogP contribution in [0.1, 0.15) is 30.1 Å². The van der Waals surface area contributed by atoms with Gasteiger partial charge in [-0.1, -0.05) is 19.4 Å². The molecule has 0 bridgehead atoms. The normalized spacial score (nSPS) is 10.1. The van der Waals surface area contributed by atoms with Gasteiger partial charge in [-0.25, -0.2) is 14.0 Å². The molecule has 0 radical (unpaired) electrons. The van der Waals surface area contributed by atoms with Crippen molar-refractivity contribution in [3.8, 4) is 5.75 Å². The van der Waals surface area contributed by atoms with Crippen molar-refractivity contribution in [3.63, 3.8) is 0 Å². The van der Waals surface area contributed by atoms with E-state index in [-0.39, 0.29) is 5.75 Å². The molecule has 0 aliphatic heterocycles. The number of unbranched alkanes of at least 4 members (excludes halogenated alkanes) is 1. The summed E-state index contributed by atoms with van der Waals surface area (Å²) in [5, 5.41) is 2.54. The highest BCUT2D eigenvalue weighted by atomic mass is 19.1. The summed E-state index contributed by atoms with van der Waals surface area (Å²) in [6, 6.07) is 11.5. The van der Waals surface area contributed by atoms with E-state index in [1.165, 1.54) is 30.3 Å². The Bertz CT molecular complexity index is 837. The quantitative estimate of drug-likeness (QED) is 0.483. The molecule has 1 N–H and O–H groups in total. The number of rotatable bonds is 10. The van der Waals surface area contributed by atoms with Crippen molar-refractivity contribution in [1.29, 1.82) is 0 Å². The van der Waals surface area contributed by atoms with Gasteiger partial charge in [0, 0.05) is 11.8 Å². The molecule has 0 aromatic heterocycles. The molecule has 0 atom stereocenters. The number of hydrogen-bond donors (Lipinski definition) is 1. The smallest absolute Gasteiger partial charge is 0.344 e. The number of ether oxygens (including phenoxy) is 3. The molecular formula is C21H22FNO6. The predicted octanol–water partition coefficient (Wildman–Crippen LogP) is 3.34. The fraction of sp³-hybridized carbons (Fsp3) is 0.286. The number of carbonyl (C=O) groups excluding carboxylic acids is 3. The summed E-state index contributed by atoms with van der Waals surface area (Å²) in [7, 11) is 0. The van der Waals surface area contributed by atoms with Crippen LogP contribution in [0, 0.1) is 5.82 Å². The van der Waals surface area contributed by atoms with Gasteiger partial charge in [-0.3, -0.25) is 4.79 Å². The van der Waals surface area contributed by atoms with E-state index in [0.717, 1.165) is 18.9 Å². The van der Waals surface area contributed by atoms with Crippen LogP contribution in [0.2, 0.25) is 0 Å². The zero-order chi connectivity index (χ0) is 21.1. The summed E-state index contributed by atoms with van der Waals surface area (Å²) in [4.78, 5) is 35.3. The van der Waals surface area contributed by atoms with Crippen molar-refractivity contribution in [1.82, 2.24) is 0 Å². The Balaban J connectivity index is 1.71. The van der Waals surface area contributed by atoms with Crippen LogP contribution in [0.5, 0.6) is 5.75 Å². The number of hydrogen-bond acceptors (Lipinski definition) is 6. The molecule has 0 saturated carbocycles. The standard InChI is InChI=1S/C21H22FNO6/c1-2-3-11-27-21(26)15-7-9-17(10-8-15)23-19(24)13-29-20(25)14-28-18-6-4-5-16(22)12-18/h4-10,12H,2-3,11,13-14H2,1H3,(H,23,24). The topological polar surface area (TPSA) is 90.9 Å². The average molecular weight is 403 g/mol. The Morgan fingerprint density at radius 2 is 1.76 bits per heavy atom. The van der Waals surface area contributed by atoms with E-state index in [2.05, 4.69) is 5.32 Å². The van der Waals surface area contributed by atoms with Crippen LogP contribution < -0.4 is 10.1 Å². The highest BCUT2D eigenvalue weighted by molar-refractivity contribution is 5.94. The van der Waals surface area contributed by atoms with Crippen LogP contribution in [-0.4, -0.2) is 37.7 Å². The summed E-state index contributed by atoms with van der Waals surface area (Å²) in [5.74, 6) is -2.06. The third kappa shape index (κ3) is 8.00. The molecule has 0 aliphatic rings. The van der Waals surface area contributed by atoms with E-state index >= 15 is 0 Å². The maximum atomic E-state index is 13.0. The van der Waals surface area contributed by atoms with E-state index in [9.17, 15) is 18.8 Å².